The molecule has 2 aliphatic heterocycles. The fraction of sp³-hybridized carbons (Fsp3) is 0.147. The lowest BCUT2D eigenvalue weighted by molar-refractivity contribution is 0.354. The lowest BCUT2D eigenvalue weighted by Crippen LogP contribution is -2.46. The molecule has 5 aromatic rings. The van der Waals surface area contributed by atoms with Crippen LogP contribution in [0, 0.1) is 6.92 Å². The molecule has 1 atom stereocenters. The normalized spacial score (nSPS) is 14.9. The molecule has 44 heavy (non-hydrogen) atoms. The van der Waals surface area contributed by atoms with Gasteiger partial charge in [0.25, 0.3) is 0 Å². The van der Waals surface area contributed by atoms with Gasteiger partial charge in [-0.3, -0.25) is 0 Å². The fourth-order valence-electron chi connectivity index (χ4n) is 5.77. The number of aryl methyl sites for hydroxylation is 1. The van der Waals surface area contributed by atoms with Crippen molar-refractivity contribution in [1.82, 2.24) is 9.78 Å². The molecule has 3 heterocycles. The van der Waals surface area contributed by atoms with Gasteiger partial charge in [-0.2, -0.15) is 5.10 Å². The average molecular weight is 605 g/mol. The van der Waals surface area contributed by atoms with Crippen LogP contribution in [0.1, 0.15) is 22.9 Å². The third-order valence-corrected chi connectivity index (χ3v) is 8.07. The molecule has 0 aliphatic carbocycles. The quantitative estimate of drug-likeness (QED) is 0.214. The second-order valence-electron chi connectivity index (χ2n) is 10.3. The monoisotopic (exact) mass is 604 g/mol. The number of nitrogens with zero attached hydrogens (tertiary/aromatic N) is 5. The summed E-state index contributed by atoms with van der Waals surface area (Å²) in [4.78, 5) is 12.6. The van der Waals surface area contributed by atoms with E-state index in [2.05, 4.69) is 22.3 Å². The number of fused-ring (bicyclic) bond motifs is 4. The second-order valence-corrected chi connectivity index (χ2v) is 10.7. The Morgan fingerprint density at radius 2 is 1.50 bits per heavy atom. The highest BCUT2D eigenvalue weighted by molar-refractivity contribution is 6.51. The van der Waals surface area contributed by atoms with Gasteiger partial charge in [-0.05, 0) is 67.1 Å². The SMILES string of the molecule is COc1ccc(NC2=Nc3ccccc3N3C2=Nc2c(c(C)nn2-c2ccccc2)C3c2ccc(OC)c(OC)c2)cc1Cl. The number of nitrogens with one attached hydrogen (secondary N) is 1. The van der Waals surface area contributed by atoms with Crippen LogP contribution in [0.5, 0.6) is 17.2 Å². The van der Waals surface area contributed by atoms with E-state index in [9.17, 15) is 0 Å². The molecule has 1 N–H and O–H groups in total. The van der Waals surface area contributed by atoms with Gasteiger partial charge in [-0.25, -0.2) is 14.7 Å². The molecule has 10 heteroatoms. The first-order valence-electron chi connectivity index (χ1n) is 14.0. The van der Waals surface area contributed by atoms with E-state index in [0.29, 0.717) is 33.9 Å². The van der Waals surface area contributed by atoms with Crippen molar-refractivity contribution in [1.29, 1.82) is 0 Å². The number of halogens is 1. The Hall–Kier alpha value is -5.28. The maximum Gasteiger partial charge on any atom is 0.179 e. The van der Waals surface area contributed by atoms with Gasteiger partial charge in [0.15, 0.2) is 29.0 Å². The van der Waals surface area contributed by atoms with Gasteiger partial charge in [-0.1, -0.05) is 48.0 Å². The highest BCUT2D eigenvalue weighted by Crippen LogP contribution is 2.49. The van der Waals surface area contributed by atoms with E-state index in [1.165, 1.54) is 0 Å². The van der Waals surface area contributed by atoms with E-state index in [1.807, 2.05) is 90.5 Å². The van der Waals surface area contributed by atoms with Crippen molar-refractivity contribution >= 4 is 46.2 Å². The molecule has 0 fully saturated rings. The molecule has 220 valence electrons. The van der Waals surface area contributed by atoms with Crippen LogP contribution < -0.4 is 24.4 Å². The van der Waals surface area contributed by atoms with Crippen LogP contribution in [0.2, 0.25) is 5.02 Å². The molecular weight excluding hydrogens is 576 g/mol. The van der Waals surface area contributed by atoms with E-state index in [4.69, 9.17) is 40.9 Å². The molecule has 0 saturated carbocycles. The number of hydrogen-bond acceptors (Lipinski definition) is 8. The zero-order chi connectivity index (χ0) is 30.4. The summed E-state index contributed by atoms with van der Waals surface area (Å²) < 4.78 is 18.6. The van der Waals surface area contributed by atoms with Crippen LogP contribution in [-0.4, -0.2) is 42.8 Å². The van der Waals surface area contributed by atoms with Gasteiger partial charge in [-0.15, -0.1) is 0 Å². The first-order chi connectivity index (χ1) is 21.5. The van der Waals surface area contributed by atoms with Crippen LogP contribution in [0.3, 0.4) is 0 Å². The summed E-state index contributed by atoms with van der Waals surface area (Å²) in [5.41, 5.74) is 6.20. The zero-order valence-corrected chi connectivity index (χ0v) is 25.3. The van der Waals surface area contributed by atoms with E-state index in [0.717, 1.165) is 45.4 Å². The van der Waals surface area contributed by atoms with E-state index < -0.39 is 0 Å². The molecule has 4 aromatic carbocycles. The van der Waals surface area contributed by atoms with E-state index in [1.54, 1.807) is 21.3 Å². The minimum atomic E-state index is -0.317. The molecule has 0 bridgehead atoms. The van der Waals surface area contributed by atoms with Crippen molar-refractivity contribution in [3.63, 3.8) is 0 Å². The number of rotatable bonds is 6. The minimum Gasteiger partial charge on any atom is -0.495 e. The van der Waals surface area contributed by atoms with E-state index in [-0.39, 0.29) is 6.04 Å². The van der Waals surface area contributed by atoms with Crippen LogP contribution in [0.4, 0.5) is 22.9 Å². The summed E-state index contributed by atoms with van der Waals surface area (Å²) in [6.45, 7) is 2.02. The standard InChI is InChI=1S/C34H29ClN6O3/c1-20-30-31(21-14-16-28(43-3)29(18-21)44-4)40-26-13-9-8-12-25(26)37-32(36-22-15-17-27(42-2)24(35)19-22)34(40)38-33(30)41(39-20)23-10-6-5-7-11-23/h5-19,31H,1-4H3,(H,36,37). The lowest BCUT2D eigenvalue weighted by Gasteiger charge is -2.40. The third kappa shape index (κ3) is 4.53. The topological polar surface area (TPSA) is 85.5 Å². The number of hydrogen-bond donors (Lipinski definition) is 1. The second kappa shape index (κ2) is 11.1. The predicted octanol–water partition coefficient (Wildman–Crippen LogP) is 7.66. The number of amidine groups is 2. The van der Waals surface area contributed by atoms with Gasteiger partial charge < -0.3 is 24.4 Å². The molecule has 7 rings (SSSR count). The average Bonchev–Trinajstić information content (AvgIpc) is 3.39. The Labute approximate surface area is 260 Å². The Morgan fingerprint density at radius 3 is 2.25 bits per heavy atom. The number of aliphatic imine (C=N–C) groups is 2. The number of para-hydroxylation sites is 3. The van der Waals surface area contributed by atoms with E-state index >= 15 is 0 Å². The lowest BCUT2D eigenvalue weighted by atomic mass is 9.93. The van der Waals surface area contributed by atoms with Crippen LogP contribution >= 0.6 is 11.6 Å². The van der Waals surface area contributed by atoms with Gasteiger partial charge in [0, 0.05) is 11.3 Å². The van der Waals surface area contributed by atoms with Gasteiger partial charge in [0.2, 0.25) is 0 Å². The maximum absolute atomic E-state index is 6.50. The Balaban J connectivity index is 1.48. The van der Waals surface area contributed by atoms with Crippen molar-refractivity contribution < 1.29 is 14.2 Å². The minimum absolute atomic E-state index is 0.317. The number of aromatic nitrogens is 2. The first-order valence-corrected chi connectivity index (χ1v) is 14.4. The molecule has 0 spiro atoms. The van der Waals surface area contributed by atoms with Crippen molar-refractivity contribution in [2.24, 2.45) is 9.98 Å². The number of benzene rings is 4. The Bertz CT molecular complexity index is 1950. The molecule has 9 nitrogen and oxygen atoms in total. The molecule has 2 aliphatic rings. The first kappa shape index (κ1) is 27.5. The molecular formula is C34H29ClN6O3. The summed E-state index contributed by atoms with van der Waals surface area (Å²) in [5.74, 6) is 3.80. The summed E-state index contributed by atoms with van der Waals surface area (Å²) in [5, 5.41) is 8.98. The van der Waals surface area contributed by atoms with Crippen LogP contribution in [0.25, 0.3) is 5.69 Å². The van der Waals surface area contributed by atoms with Crippen molar-refractivity contribution in [2.75, 3.05) is 31.5 Å². The third-order valence-electron chi connectivity index (χ3n) is 7.78. The van der Waals surface area contributed by atoms with Gasteiger partial charge in [0.1, 0.15) is 5.75 Å². The summed E-state index contributed by atoms with van der Waals surface area (Å²) in [6.07, 6.45) is 0. The van der Waals surface area contributed by atoms with Crippen molar-refractivity contribution in [2.45, 2.75) is 13.0 Å². The highest BCUT2D eigenvalue weighted by atomic mass is 35.5. The summed E-state index contributed by atoms with van der Waals surface area (Å²) in [6, 6.07) is 29.3. The van der Waals surface area contributed by atoms with Gasteiger partial charge >= 0.3 is 0 Å². The maximum atomic E-state index is 6.50. The van der Waals surface area contributed by atoms with Gasteiger partial charge in [0.05, 0.1) is 55.1 Å². The predicted molar refractivity (Wildman–Crippen MR) is 174 cm³/mol. The number of anilines is 2. The fourth-order valence-corrected chi connectivity index (χ4v) is 6.02. The largest absolute Gasteiger partial charge is 0.495 e. The Morgan fingerprint density at radius 1 is 0.773 bits per heavy atom. The van der Waals surface area contributed by atoms with Crippen LogP contribution in [0.15, 0.2) is 101 Å². The molecule has 1 aromatic heterocycles. The summed E-state index contributed by atoms with van der Waals surface area (Å²) in [7, 11) is 4.87. The number of methoxy groups -OCH3 is 3. The number of ether oxygens (including phenoxy) is 3. The zero-order valence-electron chi connectivity index (χ0n) is 24.6. The molecule has 0 amide bonds. The summed E-state index contributed by atoms with van der Waals surface area (Å²) >= 11 is 6.50. The van der Waals surface area contributed by atoms with Crippen molar-refractivity contribution in [3.8, 4) is 22.9 Å². The molecule has 1 unspecified atom stereocenters. The molecule has 0 radical (unpaired) electrons. The Kier molecular flexibility index (Phi) is 6.94. The molecule has 0 saturated heterocycles. The van der Waals surface area contributed by atoms with Crippen LogP contribution in [-0.2, 0) is 0 Å². The van der Waals surface area contributed by atoms with Crippen molar-refractivity contribution in [3.05, 3.63) is 113 Å². The smallest absolute Gasteiger partial charge is 0.179 e. The highest BCUT2D eigenvalue weighted by Gasteiger charge is 2.41.